The molecule has 1 aliphatic heterocycles. The van der Waals surface area contributed by atoms with Gasteiger partial charge in [-0.05, 0) is 12.8 Å². The maximum absolute atomic E-state index is 11.6. The Morgan fingerprint density at radius 2 is 1.20 bits per heavy atom. The Balaban J connectivity index is 2.13. The maximum Gasteiger partial charge on any atom is 0.306 e. The number of nitrogens with zero attached hydrogens (tertiary/aromatic N) is 3. The molecule has 2 aliphatic rings. The van der Waals surface area contributed by atoms with Gasteiger partial charge < -0.3 is 43.3 Å². The molecule has 0 aromatic heterocycles. The fourth-order valence-electron chi connectivity index (χ4n) is 5.89. The highest BCUT2D eigenvalue weighted by Crippen LogP contribution is 2.51. The zero-order chi connectivity index (χ0) is 33.7. The summed E-state index contributed by atoms with van der Waals surface area (Å²) in [4.78, 5) is 15.7. The number of carboxylic acid groups (broad SMARTS) is 1. The summed E-state index contributed by atoms with van der Waals surface area (Å²) >= 11 is 0. The molecule has 0 radical (unpaired) electrons. The van der Waals surface area contributed by atoms with Crippen LogP contribution in [0.5, 0.6) is 23.0 Å². The number of rotatable bonds is 11. The minimum absolute atomic E-state index is 0.352. The number of anilines is 2. The van der Waals surface area contributed by atoms with E-state index in [4.69, 9.17) is 28.4 Å². The first-order valence-electron chi connectivity index (χ1n) is 15.0. The number of allylic oxidation sites excluding steroid dienone is 2. The summed E-state index contributed by atoms with van der Waals surface area (Å²) in [5.41, 5.74) is 5.23. The van der Waals surface area contributed by atoms with E-state index < -0.39 is 5.97 Å². The van der Waals surface area contributed by atoms with Crippen molar-refractivity contribution in [3.63, 3.8) is 0 Å². The number of methoxy groups -OCH3 is 6. The van der Waals surface area contributed by atoms with Crippen molar-refractivity contribution in [2.75, 3.05) is 93.7 Å². The second-order valence-electron chi connectivity index (χ2n) is 11.4. The number of ether oxygens (including phenoxy) is 6. The summed E-state index contributed by atoms with van der Waals surface area (Å²) in [5.74, 6) is 2.19. The zero-order valence-corrected chi connectivity index (χ0v) is 28.5. The molecule has 0 spiro atoms. The molecule has 1 N–H and O–H groups in total. The molecular formula is C35H46N3O8+. The van der Waals surface area contributed by atoms with Crippen molar-refractivity contribution in [2.45, 2.75) is 12.8 Å². The third kappa shape index (κ3) is 6.59. The van der Waals surface area contributed by atoms with Crippen molar-refractivity contribution in [1.82, 2.24) is 0 Å². The van der Waals surface area contributed by atoms with Crippen molar-refractivity contribution in [3.05, 3.63) is 64.6 Å². The lowest BCUT2D eigenvalue weighted by Gasteiger charge is -2.33. The van der Waals surface area contributed by atoms with E-state index >= 15 is 0 Å². The average Bonchev–Trinajstić information content (AvgIpc) is 3.07. The number of carboxylic acids is 1. The summed E-state index contributed by atoms with van der Waals surface area (Å²) in [5, 5.41) is 9.53. The number of piperidine rings is 1. The molecule has 0 atom stereocenters. The Morgan fingerprint density at radius 1 is 0.761 bits per heavy atom. The summed E-state index contributed by atoms with van der Waals surface area (Å²) < 4.78 is 38.4. The topological polar surface area (TPSA) is 102 Å². The standard InChI is InChI=1S/C35H45N3O8/c1-36(2)22-15-25(41-5)31(26(16-22)42-6)34(32-27(43-7)17-23(37(3)4)18-28(32)44-8)33-29(45-9)19-24(20-30(33)46-10)38-13-11-21(12-14-38)35(39)40/h15-21H,11-14H2,1-10H3/p+1. The van der Waals surface area contributed by atoms with Crippen molar-refractivity contribution in [3.8, 4) is 23.0 Å². The quantitative estimate of drug-likeness (QED) is 0.350. The fourth-order valence-corrected chi connectivity index (χ4v) is 5.89. The van der Waals surface area contributed by atoms with Crippen LogP contribution in [0.1, 0.15) is 24.0 Å². The summed E-state index contributed by atoms with van der Waals surface area (Å²) in [6.45, 7) is 1.20. The van der Waals surface area contributed by atoms with Crippen LogP contribution in [0.15, 0.2) is 53.5 Å². The predicted octanol–water partition coefficient (Wildman–Crippen LogP) is 4.68. The predicted molar refractivity (Wildman–Crippen MR) is 179 cm³/mol. The third-order valence-electron chi connectivity index (χ3n) is 8.46. The molecule has 248 valence electrons. The molecular weight excluding hydrogens is 590 g/mol. The number of aliphatic carboxylic acids is 1. The van der Waals surface area contributed by atoms with E-state index in [-0.39, 0.29) is 5.92 Å². The van der Waals surface area contributed by atoms with Gasteiger partial charge in [0, 0.05) is 68.4 Å². The first-order chi connectivity index (χ1) is 22.0. The van der Waals surface area contributed by atoms with Crippen LogP contribution in [0.4, 0.5) is 11.4 Å². The molecule has 2 aromatic rings. The van der Waals surface area contributed by atoms with Gasteiger partial charge in [-0.25, -0.2) is 4.58 Å². The number of benzene rings is 2. The van der Waals surface area contributed by atoms with Crippen molar-refractivity contribution in [2.24, 2.45) is 5.92 Å². The Bertz CT molecular complexity index is 1520. The Hall–Kier alpha value is -4.80. The van der Waals surface area contributed by atoms with Crippen LogP contribution in [0, 0.1) is 5.92 Å². The second kappa shape index (κ2) is 14.5. The van der Waals surface area contributed by atoms with Crippen LogP contribution in [0.3, 0.4) is 0 Å². The minimum atomic E-state index is -0.754. The Kier molecular flexibility index (Phi) is 10.8. The molecule has 11 nitrogen and oxygen atoms in total. The molecule has 0 saturated carbocycles. The second-order valence-corrected chi connectivity index (χ2v) is 11.4. The van der Waals surface area contributed by atoms with Gasteiger partial charge in [0.05, 0.1) is 77.4 Å². The highest BCUT2D eigenvalue weighted by molar-refractivity contribution is 6.06. The largest absolute Gasteiger partial charge is 0.496 e. The first-order valence-corrected chi connectivity index (χ1v) is 15.0. The summed E-state index contributed by atoms with van der Waals surface area (Å²) in [6.07, 6.45) is 5.01. The molecule has 11 heteroatoms. The lowest BCUT2D eigenvalue weighted by molar-refractivity contribution is -0.462. The summed E-state index contributed by atoms with van der Waals surface area (Å²) in [6, 6.07) is 7.81. The van der Waals surface area contributed by atoms with Crippen molar-refractivity contribution < 1.29 is 42.9 Å². The van der Waals surface area contributed by atoms with Crippen LogP contribution in [0.25, 0.3) is 5.57 Å². The molecule has 0 bridgehead atoms. The Labute approximate surface area is 271 Å². The number of hydrogen-bond donors (Lipinski definition) is 1. The van der Waals surface area contributed by atoms with Gasteiger partial charge in [0.15, 0.2) is 0 Å². The smallest absolute Gasteiger partial charge is 0.306 e. The average molecular weight is 637 g/mol. The van der Waals surface area contributed by atoms with Crippen LogP contribution < -0.4 is 28.7 Å². The van der Waals surface area contributed by atoms with Gasteiger partial charge in [-0.3, -0.25) is 4.79 Å². The highest BCUT2D eigenvalue weighted by Gasteiger charge is 2.34. The molecule has 4 rings (SSSR count). The van der Waals surface area contributed by atoms with Crippen molar-refractivity contribution >= 4 is 28.6 Å². The van der Waals surface area contributed by atoms with Gasteiger partial charge in [0.2, 0.25) is 5.71 Å². The maximum atomic E-state index is 11.6. The van der Waals surface area contributed by atoms with Crippen LogP contribution in [0.2, 0.25) is 0 Å². The van der Waals surface area contributed by atoms with Gasteiger partial charge in [0.1, 0.15) is 48.6 Å². The third-order valence-corrected chi connectivity index (χ3v) is 8.46. The van der Waals surface area contributed by atoms with E-state index in [9.17, 15) is 9.90 Å². The normalized spacial score (nSPS) is 15.0. The molecule has 46 heavy (non-hydrogen) atoms. The monoisotopic (exact) mass is 636 g/mol. The van der Waals surface area contributed by atoms with Gasteiger partial charge in [0.25, 0.3) is 0 Å². The van der Waals surface area contributed by atoms with E-state index in [1.165, 1.54) is 0 Å². The lowest BCUT2D eigenvalue weighted by atomic mass is 9.86. The summed E-state index contributed by atoms with van der Waals surface area (Å²) in [7, 11) is 17.5. The molecule has 1 fully saturated rings. The van der Waals surface area contributed by atoms with Crippen LogP contribution >= 0.6 is 0 Å². The number of hydrogen-bond acceptors (Lipinski definition) is 9. The van der Waals surface area contributed by atoms with E-state index in [0.717, 1.165) is 17.1 Å². The van der Waals surface area contributed by atoms with E-state index in [1.54, 1.807) is 42.7 Å². The highest BCUT2D eigenvalue weighted by atomic mass is 16.5. The van der Waals surface area contributed by atoms with Gasteiger partial charge >= 0.3 is 5.97 Å². The molecule has 1 saturated heterocycles. The SMILES string of the molecule is COC1=CC(=[N+](C)C)C=C(OC)C1=C(c1c(OC)cc(N(C)C)cc1OC)c1c(OC)cc(N2CCC(C(=O)O)CC2)cc1OC. The molecule has 2 aromatic carbocycles. The minimum Gasteiger partial charge on any atom is -0.496 e. The number of carbonyl (C=O) groups is 1. The van der Waals surface area contributed by atoms with Crippen molar-refractivity contribution in [1.29, 1.82) is 0 Å². The van der Waals surface area contributed by atoms with Gasteiger partial charge in [-0.2, -0.15) is 0 Å². The van der Waals surface area contributed by atoms with Crippen LogP contribution in [-0.2, 0) is 14.3 Å². The van der Waals surface area contributed by atoms with E-state index in [2.05, 4.69) is 4.90 Å². The molecule has 0 amide bonds. The fraction of sp³-hybridized carbons (Fsp3) is 0.429. The van der Waals surface area contributed by atoms with E-state index in [1.807, 2.05) is 74.1 Å². The molecule has 1 aliphatic carbocycles. The zero-order valence-electron chi connectivity index (χ0n) is 28.5. The first kappa shape index (κ1) is 34.1. The molecule has 1 heterocycles. The van der Waals surface area contributed by atoms with E-state index in [0.29, 0.717) is 82.7 Å². The van der Waals surface area contributed by atoms with Gasteiger partial charge in [-0.1, -0.05) is 0 Å². The lowest BCUT2D eigenvalue weighted by Crippen LogP contribution is -2.36. The van der Waals surface area contributed by atoms with Gasteiger partial charge in [-0.15, -0.1) is 0 Å². The molecule has 0 unspecified atom stereocenters. The van der Waals surface area contributed by atoms with Crippen LogP contribution in [-0.4, -0.2) is 105 Å². The Morgan fingerprint density at radius 3 is 1.54 bits per heavy atom.